The van der Waals surface area contributed by atoms with Gasteiger partial charge in [-0.1, -0.05) is 18.2 Å². The highest BCUT2D eigenvalue weighted by atomic mass is 19.1. The first-order chi connectivity index (χ1) is 14.6. The van der Waals surface area contributed by atoms with E-state index < -0.39 is 0 Å². The van der Waals surface area contributed by atoms with Crippen LogP contribution in [-0.4, -0.2) is 39.0 Å². The summed E-state index contributed by atoms with van der Waals surface area (Å²) in [5.41, 5.74) is 2.06. The monoisotopic (exact) mass is 406 g/mol. The Morgan fingerprint density at radius 1 is 1.03 bits per heavy atom. The van der Waals surface area contributed by atoms with Gasteiger partial charge in [0.25, 0.3) is 0 Å². The zero-order valence-corrected chi connectivity index (χ0v) is 16.8. The van der Waals surface area contributed by atoms with E-state index in [4.69, 9.17) is 0 Å². The van der Waals surface area contributed by atoms with E-state index in [-0.39, 0.29) is 24.1 Å². The Labute approximate surface area is 173 Å². The summed E-state index contributed by atoms with van der Waals surface area (Å²) in [6, 6.07) is 10.4. The fraction of sp³-hybridized carbons (Fsp3) is 0.364. The third-order valence-corrected chi connectivity index (χ3v) is 5.92. The molecule has 2 aromatic heterocycles. The van der Waals surface area contributed by atoms with Gasteiger partial charge in [-0.05, 0) is 49.9 Å². The van der Waals surface area contributed by atoms with Gasteiger partial charge in [0.05, 0.1) is 5.69 Å². The molecule has 0 unspecified atom stereocenters. The fourth-order valence-corrected chi connectivity index (χ4v) is 4.46. The molecule has 8 heteroatoms. The maximum Gasteiger partial charge on any atom is 0.226 e. The Bertz CT molecular complexity index is 1090. The number of rotatable bonds is 3. The van der Waals surface area contributed by atoms with Crippen molar-refractivity contribution in [2.45, 2.75) is 38.5 Å². The lowest BCUT2D eigenvalue weighted by Gasteiger charge is -2.27. The van der Waals surface area contributed by atoms with Crippen molar-refractivity contribution in [2.75, 3.05) is 23.3 Å². The SMILES string of the molecule is Cc1nn(-c2ccc(N3CCCCC3)nn2)c2c1[C@@H](c1ccccc1F)CC(=O)N2. The lowest BCUT2D eigenvalue weighted by atomic mass is 9.85. The van der Waals surface area contributed by atoms with Gasteiger partial charge in [-0.25, -0.2) is 4.39 Å². The van der Waals surface area contributed by atoms with E-state index in [1.807, 2.05) is 19.1 Å². The number of nitrogens with one attached hydrogen (secondary N) is 1. The molecule has 1 amide bonds. The second-order valence-electron chi connectivity index (χ2n) is 7.88. The molecule has 0 saturated carbocycles. The van der Waals surface area contributed by atoms with E-state index in [0.717, 1.165) is 30.2 Å². The van der Waals surface area contributed by atoms with Crippen molar-refractivity contribution in [3.05, 3.63) is 59.0 Å². The number of aromatic nitrogens is 4. The molecule has 1 saturated heterocycles. The first-order valence-electron chi connectivity index (χ1n) is 10.3. The van der Waals surface area contributed by atoms with Crippen molar-refractivity contribution in [3.63, 3.8) is 0 Å². The summed E-state index contributed by atoms with van der Waals surface area (Å²) >= 11 is 0. The molecule has 0 spiro atoms. The van der Waals surface area contributed by atoms with E-state index in [9.17, 15) is 9.18 Å². The smallest absolute Gasteiger partial charge is 0.226 e. The summed E-state index contributed by atoms with van der Waals surface area (Å²) in [5.74, 6) is 1.04. The zero-order valence-electron chi connectivity index (χ0n) is 16.8. The first-order valence-corrected chi connectivity index (χ1v) is 10.3. The highest BCUT2D eigenvalue weighted by molar-refractivity contribution is 5.95. The van der Waals surface area contributed by atoms with Crippen LogP contribution in [0, 0.1) is 12.7 Å². The van der Waals surface area contributed by atoms with Gasteiger partial charge in [-0.3, -0.25) is 4.79 Å². The van der Waals surface area contributed by atoms with Crippen molar-refractivity contribution < 1.29 is 9.18 Å². The Morgan fingerprint density at radius 2 is 1.77 bits per heavy atom. The summed E-state index contributed by atoms with van der Waals surface area (Å²) in [7, 11) is 0. The molecule has 0 aliphatic carbocycles. The molecule has 0 radical (unpaired) electrons. The Hall–Kier alpha value is -3.29. The topological polar surface area (TPSA) is 75.9 Å². The van der Waals surface area contributed by atoms with Crippen LogP contribution in [0.5, 0.6) is 0 Å². The number of nitrogens with zero attached hydrogens (tertiary/aromatic N) is 5. The van der Waals surface area contributed by atoms with Crippen LogP contribution >= 0.6 is 0 Å². The molecular formula is C22H23FN6O. The van der Waals surface area contributed by atoms with E-state index in [1.54, 1.807) is 22.9 Å². The number of hydrogen-bond acceptors (Lipinski definition) is 5. The van der Waals surface area contributed by atoms with Gasteiger partial charge in [-0.2, -0.15) is 9.78 Å². The summed E-state index contributed by atoms with van der Waals surface area (Å²) in [4.78, 5) is 14.7. The Morgan fingerprint density at radius 3 is 2.50 bits per heavy atom. The standard InChI is InChI=1S/C22H23FN6O/c1-14-21-16(15-7-3-4-8-17(15)23)13-20(30)24-22(21)29(27-14)19-10-9-18(25-26-19)28-11-5-2-6-12-28/h3-4,7-10,16H,2,5-6,11-13H2,1H3,(H,24,30)/t16-/m1/s1. The number of amides is 1. The highest BCUT2D eigenvalue weighted by Gasteiger charge is 2.34. The summed E-state index contributed by atoms with van der Waals surface area (Å²) < 4.78 is 16.1. The van der Waals surface area contributed by atoms with E-state index in [0.29, 0.717) is 17.2 Å². The van der Waals surface area contributed by atoms with Gasteiger partial charge in [0.15, 0.2) is 11.6 Å². The molecule has 1 N–H and O–H groups in total. The highest BCUT2D eigenvalue weighted by Crippen LogP contribution is 2.40. The quantitative estimate of drug-likeness (QED) is 0.720. The van der Waals surface area contributed by atoms with Gasteiger partial charge in [0.2, 0.25) is 5.91 Å². The van der Waals surface area contributed by atoms with E-state index >= 15 is 0 Å². The lowest BCUT2D eigenvalue weighted by Crippen LogP contribution is -2.30. The Kier molecular flexibility index (Phi) is 4.69. The molecule has 4 heterocycles. The molecule has 7 nitrogen and oxygen atoms in total. The summed E-state index contributed by atoms with van der Waals surface area (Å²) in [5, 5.41) is 16.3. The van der Waals surface area contributed by atoms with Gasteiger partial charge in [-0.15, -0.1) is 10.2 Å². The minimum Gasteiger partial charge on any atom is -0.355 e. The molecule has 2 aliphatic heterocycles. The number of aryl methyl sites for hydroxylation is 1. The number of fused-ring (bicyclic) bond motifs is 1. The second-order valence-corrected chi connectivity index (χ2v) is 7.88. The predicted molar refractivity (Wildman–Crippen MR) is 111 cm³/mol. The molecule has 1 atom stereocenters. The summed E-state index contributed by atoms with van der Waals surface area (Å²) in [6.45, 7) is 3.85. The molecule has 3 aromatic rings. The number of carbonyl (C=O) groups is 1. The average molecular weight is 406 g/mol. The minimum atomic E-state index is -0.385. The van der Waals surface area contributed by atoms with Crippen molar-refractivity contribution >= 4 is 17.5 Å². The normalized spacial score (nSPS) is 18.8. The van der Waals surface area contributed by atoms with E-state index in [1.165, 1.54) is 25.3 Å². The number of benzene rings is 1. The maximum absolute atomic E-state index is 14.5. The fourth-order valence-electron chi connectivity index (χ4n) is 4.46. The van der Waals surface area contributed by atoms with Crippen LogP contribution in [0.4, 0.5) is 16.0 Å². The predicted octanol–water partition coefficient (Wildman–Crippen LogP) is 3.57. The minimum absolute atomic E-state index is 0.171. The lowest BCUT2D eigenvalue weighted by molar-refractivity contribution is -0.116. The van der Waals surface area contributed by atoms with Crippen LogP contribution in [0.1, 0.15) is 48.4 Å². The molecule has 30 heavy (non-hydrogen) atoms. The van der Waals surface area contributed by atoms with Gasteiger partial charge in [0, 0.05) is 31.0 Å². The van der Waals surface area contributed by atoms with Crippen LogP contribution in [0.15, 0.2) is 36.4 Å². The third kappa shape index (κ3) is 3.22. The molecule has 154 valence electrons. The van der Waals surface area contributed by atoms with Crippen molar-refractivity contribution in [3.8, 4) is 5.82 Å². The van der Waals surface area contributed by atoms with Crippen molar-refractivity contribution in [1.29, 1.82) is 0 Å². The molecule has 1 aromatic carbocycles. The summed E-state index contributed by atoms with van der Waals surface area (Å²) in [6.07, 6.45) is 3.77. The van der Waals surface area contributed by atoms with Gasteiger partial charge < -0.3 is 10.2 Å². The second kappa shape index (κ2) is 7.51. The number of anilines is 2. The van der Waals surface area contributed by atoms with Crippen molar-refractivity contribution in [2.24, 2.45) is 0 Å². The third-order valence-electron chi connectivity index (χ3n) is 5.92. The largest absolute Gasteiger partial charge is 0.355 e. The molecular weight excluding hydrogens is 383 g/mol. The number of carbonyl (C=O) groups excluding carboxylic acids is 1. The average Bonchev–Trinajstić information content (AvgIpc) is 3.10. The number of halogens is 1. The zero-order chi connectivity index (χ0) is 20.7. The molecule has 1 fully saturated rings. The number of piperidine rings is 1. The van der Waals surface area contributed by atoms with Crippen LogP contribution in [0.2, 0.25) is 0 Å². The Balaban J connectivity index is 1.53. The van der Waals surface area contributed by atoms with Gasteiger partial charge >= 0.3 is 0 Å². The first kappa shape index (κ1) is 18.7. The maximum atomic E-state index is 14.5. The van der Waals surface area contributed by atoms with Crippen LogP contribution in [0.25, 0.3) is 5.82 Å². The van der Waals surface area contributed by atoms with Crippen LogP contribution < -0.4 is 10.2 Å². The van der Waals surface area contributed by atoms with Crippen LogP contribution in [0.3, 0.4) is 0 Å². The van der Waals surface area contributed by atoms with E-state index in [2.05, 4.69) is 25.5 Å². The number of hydrogen-bond donors (Lipinski definition) is 1. The van der Waals surface area contributed by atoms with Crippen LogP contribution in [-0.2, 0) is 4.79 Å². The van der Waals surface area contributed by atoms with Gasteiger partial charge in [0.1, 0.15) is 11.6 Å². The molecule has 2 aliphatic rings. The molecule has 5 rings (SSSR count). The molecule has 0 bridgehead atoms. The van der Waals surface area contributed by atoms with Crippen molar-refractivity contribution in [1.82, 2.24) is 20.0 Å².